The SMILES string of the molecule is CCCN1CCC(NC(=NCc2nc(C(F)(F)F)cs2)NCC)CC1.I. The molecule has 1 aromatic heterocycles. The molecule has 1 saturated heterocycles. The number of nitrogens with zero attached hydrogens (tertiary/aromatic N) is 3. The maximum atomic E-state index is 12.6. The summed E-state index contributed by atoms with van der Waals surface area (Å²) in [4.78, 5) is 10.5. The molecule has 0 unspecified atom stereocenters. The first-order chi connectivity index (χ1) is 11.9. The topological polar surface area (TPSA) is 52.5 Å². The van der Waals surface area contributed by atoms with Crippen LogP contribution in [0.15, 0.2) is 10.4 Å². The van der Waals surface area contributed by atoms with Crippen molar-refractivity contribution in [1.82, 2.24) is 20.5 Å². The fourth-order valence-corrected chi connectivity index (χ4v) is 3.52. The Morgan fingerprint density at radius 1 is 1.35 bits per heavy atom. The number of guanidine groups is 1. The summed E-state index contributed by atoms with van der Waals surface area (Å²) < 4.78 is 37.8. The van der Waals surface area contributed by atoms with Gasteiger partial charge in [-0.1, -0.05) is 6.92 Å². The van der Waals surface area contributed by atoms with E-state index in [-0.39, 0.29) is 30.5 Å². The summed E-state index contributed by atoms with van der Waals surface area (Å²) in [6.45, 7) is 8.25. The van der Waals surface area contributed by atoms with Crippen LogP contribution in [0.4, 0.5) is 13.2 Å². The standard InChI is InChI=1S/C16H26F3N5S.HI/c1-3-7-24-8-5-12(6-9-24)22-15(20-4-2)21-10-14-23-13(11-25-14)16(17,18)19;/h11-12H,3-10H2,1-2H3,(H2,20,21,22);1H. The Hall–Kier alpha value is -0.620. The lowest BCUT2D eigenvalue weighted by molar-refractivity contribution is -0.140. The molecule has 5 nitrogen and oxygen atoms in total. The second-order valence-electron chi connectivity index (χ2n) is 6.08. The Balaban J connectivity index is 0.00000338. The highest BCUT2D eigenvalue weighted by Gasteiger charge is 2.33. The van der Waals surface area contributed by atoms with Gasteiger partial charge >= 0.3 is 6.18 Å². The van der Waals surface area contributed by atoms with Crippen LogP contribution in [0.3, 0.4) is 0 Å². The summed E-state index contributed by atoms with van der Waals surface area (Å²) in [5.41, 5.74) is -0.844. The van der Waals surface area contributed by atoms with Gasteiger partial charge in [-0.15, -0.1) is 35.3 Å². The highest BCUT2D eigenvalue weighted by molar-refractivity contribution is 14.0. The van der Waals surface area contributed by atoms with Crippen LogP contribution in [-0.4, -0.2) is 48.1 Å². The molecule has 1 aliphatic rings. The third kappa shape index (κ3) is 7.55. The van der Waals surface area contributed by atoms with Crippen LogP contribution in [0.2, 0.25) is 0 Å². The number of aromatic nitrogens is 1. The molecule has 1 aliphatic heterocycles. The highest BCUT2D eigenvalue weighted by Crippen LogP contribution is 2.30. The van der Waals surface area contributed by atoms with Gasteiger partial charge in [0.1, 0.15) is 5.01 Å². The Kier molecular flexibility index (Phi) is 10.2. The Bertz CT molecular complexity index is 556. The van der Waals surface area contributed by atoms with Gasteiger partial charge in [-0.25, -0.2) is 9.98 Å². The number of likely N-dealkylation sites (tertiary alicyclic amines) is 1. The molecule has 0 aliphatic carbocycles. The van der Waals surface area contributed by atoms with Crippen LogP contribution in [-0.2, 0) is 12.7 Å². The summed E-state index contributed by atoms with van der Waals surface area (Å²) in [5.74, 6) is 0.639. The first-order valence-electron chi connectivity index (χ1n) is 8.71. The molecule has 0 aromatic carbocycles. The molecule has 2 heterocycles. The Morgan fingerprint density at radius 3 is 2.58 bits per heavy atom. The molecule has 10 heteroatoms. The number of hydrogen-bond acceptors (Lipinski definition) is 4. The van der Waals surface area contributed by atoms with Crippen molar-refractivity contribution in [3.63, 3.8) is 0 Å². The molecule has 0 radical (unpaired) electrons. The second-order valence-corrected chi connectivity index (χ2v) is 7.02. The van der Waals surface area contributed by atoms with Gasteiger partial charge in [0.15, 0.2) is 11.7 Å². The fourth-order valence-electron chi connectivity index (χ4n) is 2.79. The molecule has 0 saturated carbocycles. The Morgan fingerprint density at radius 2 is 2.04 bits per heavy atom. The maximum absolute atomic E-state index is 12.6. The van der Waals surface area contributed by atoms with Crippen molar-refractivity contribution >= 4 is 41.3 Å². The molecule has 1 aromatic rings. The number of nitrogens with one attached hydrogen (secondary N) is 2. The third-order valence-electron chi connectivity index (χ3n) is 4.03. The number of thiazole rings is 1. The van der Waals surface area contributed by atoms with E-state index in [9.17, 15) is 13.2 Å². The number of alkyl halides is 3. The predicted molar refractivity (Wildman–Crippen MR) is 110 cm³/mol. The first-order valence-corrected chi connectivity index (χ1v) is 9.59. The predicted octanol–water partition coefficient (Wildman–Crippen LogP) is 3.71. The normalized spacial score (nSPS) is 17.0. The lowest BCUT2D eigenvalue weighted by Gasteiger charge is -2.32. The average molecular weight is 505 g/mol. The van der Waals surface area contributed by atoms with E-state index in [1.165, 1.54) is 0 Å². The van der Waals surface area contributed by atoms with Crippen LogP contribution in [0, 0.1) is 0 Å². The molecular formula is C16H27F3IN5S. The zero-order valence-corrected chi connectivity index (χ0v) is 18.3. The van der Waals surface area contributed by atoms with Gasteiger partial charge < -0.3 is 15.5 Å². The van der Waals surface area contributed by atoms with Crippen molar-refractivity contribution in [2.24, 2.45) is 4.99 Å². The number of halogens is 4. The van der Waals surface area contributed by atoms with Crippen LogP contribution < -0.4 is 10.6 Å². The number of aliphatic imine (C=N–C) groups is 1. The van der Waals surface area contributed by atoms with Crippen molar-refractivity contribution in [3.05, 3.63) is 16.1 Å². The van der Waals surface area contributed by atoms with E-state index in [1.54, 1.807) is 0 Å². The van der Waals surface area contributed by atoms with E-state index < -0.39 is 11.9 Å². The molecule has 1 fully saturated rings. The lowest BCUT2D eigenvalue weighted by Crippen LogP contribution is -2.48. The monoisotopic (exact) mass is 505 g/mol. The lowest BCUT2D eigenvalue weighted by atomic mass is 10.1. The summed E-state index contributed by atoms with van der Waals surface area (Å²) in [6, 6.07) is 0.341. The molecule has 2 N–H and O–H groups in total. The van der Waals surface area contributed by atoms with E-state index in [0.717, 1.165) is 55.6 Å². The van der Waals surface area contributed by atoms with Crippen LogP contribution >= 0.6 is 35.3 Å². The van der Waals surface area contributed by atoms with Crippen LogP contribution in [0.1, 0.15) is 43.8 Å². The zero-order valence-electron chi connectivity index (χ0n) is 15.1. The number of piperidine rings is 1. The van der Waals surface area contributed by atoms with E-state index in [4.69, 9.17) is 0 Å². The largest absolute Gasteiger partial charge is 0.434 e. The van der Waals surface area contributed by atoms with Gasteiger partial charge in [-0.3, -0.25) is 0 Å². The van der Waals surface area contributed by atoms with E-state index in [1.807, 2.05) is 6.92 Å². The zero-order chi connectivity index (χ0) is 18.3. The third-order valence-corrected chi connectivity index (χ3v) is 4.86. The second kappa shape index (κ2) is 11.3. The molecule has 26 heavy (non-hydrogen) atoms. The summed E-state index contributed by atoms with van der Waals surface area (Å²) in [7, 11) is 0. The van der Waals surface area contributed by atoms with Gasteiger partial charge in [-0.05, 0) is 32.7 Å². The van der Waals surface area contributed by atoms with Gasteiger partial charge in [0.05, 0.1) is 6.54 Å². The molecule has 0 amide bonds. The minimum absolute atomic E-state index is 0. The minimum atomic E-state index is -4.40. The van der Waals surface area contributed by atoms with Crippen molar-refractivity contribution in [3.8, 4) is 0 Å². The fraction of sp³-hybridized carbons (Fsp3) is 0.750. The minimum Gasteiger partial charge on any atom is -0.357 e. The van der Waals surface area contributed by atoms with E-state index in [2.05, 4.69) is 32.4 Å². The highest BCUT2D eigenvalue weighted by atomic mass is 127. The van der Waals surface area contributed by atoms with Gasteiger partial charge in [0.2, 0.25) is 0 Å². The molecule has 0 spiro atoms. The van der Waals surface area contributed by atoms with Gasteiger partial charge in [0.25, 0.3) is 0 Å². The van der Waals surface area contributed by atoms with Crippen molar-refractivity contribution in [2.75, 3.05) is 26.2 Å². The smallest absolute Gasteiger partial charge is 0.357 e. The molecule has 150 valence electrons. The number of hydrogen-bond donors (Lipinski definition) is 2. The van der Waals surface area contributed by atoms with Crippen LogP contribution in [0.5, 0.6) is 0 Å². The van der Waals surface area contributed by atoms with E-state index >= 15 is 0 Å². The van der Waals surface area contributed by atoms with E-state index in [0.29, 0.717) is 23.6 Å². The first kappa shape index (κ1) is 23.4. The summed E-state index contributed by atoms with van der Waals surface area (Å²) in [5, 5.41) is 7.95. The van der Waals surface area contributed by atoms with Crippen molar-refractivity contribution in [2.45, 2.75) is 51.9 Å². The summed E-state index contributed by atoms with van der Waals surface area (Å²) >= 11 is 0.988. The number of rotatable bonds is 6. The van der Waals surface area contributed by atoms with Crippen molar-refractivity contribution < 1.29 is 13.2 Å². The van der Waals surface area contributed by atoms with Gasteiger partial charge in [0, 0.05) is 31.1 Å². The molecule has 0 bridgehead atoms. The summed E-state index contributed by atoms with van der Waals surface area (Å²) in [6.07, 6.45) is -1.15. The quantitative estimate of drug-likeness (QED) is 0.352. The Labute approximate surface area is 173 Å². The average Bonchev–Trinajstić information content (AvgIpc) is 3.04. The maximum Gasteiger partial charge on any atom is 0.434 e. The van der Waals surface area contributed by atoms with Crippen molar-refractivity contribution in [1.29, 1.82) is 0 Å². The van der Waals surface area contributed by atoms with Gasteiger partial charge in [-0.2, -0.15) is 13.2 Å². The molecular weight excluding hydrogens is 478 g/mol. The molecule has 2 rings (SSSR count). The molecule has 0 atom stereocenters. The van der Waals surface area contributed by atoms with Crippen LogP contribution in [0.25, 0.3) is 0 Å².